The van der Waals surface area contributed by atoms with E-state index in [1.807, 2.05) is 31.2 Å². The number of benzene rings is 3. The first-order valence-corrected chi connectivity index (χ1v) is 16.8. The zero-order valence-electron chi connectivity index (χ0n) is 26.5. The molecule has 3 saturated heterocycles. The van der Waals surface area contributed by atoms with Crippen molar-refractivity contribution in [1.29, 1.82) is 0 Å². The van der Waals surface area contributed by atoms with Gasteiger partial charge in [-0.05, 0) is 80.1 Å². The fourth-order valence-electron chi connectivity index (χ4n) is 7.07. The molecule has 3 aliphatic rings. The summed E-state index contributed by atoms with van der Waals surface area (Å²) < 4.78 is 13.4. The normalized spacial score (nSPS) is 24.1. The van der Waals surface area contributed by atoms with Gasteiger partial charge in [0.2, 0.25) is 0 Å². The molecule has 240 valence electrons. The van der Waals surface area contributed by atoms with Crippen molar-refractivity contribution < 1.29 is 19.4 Å². The van der Waals surface area contributed by atoms with Crippen molar-refractivity contribution in [3.63, 3.8) is 0 Å². The summed E-state index contributed by atoms with van der Waals surface area (Å²) >= 11 is 0. The van der Waals surface area contributed by atoms with Crippen LogP contribution < -0.4 is 10.6 Å². The van der Waals surface area contributed by atoms with Crippen molar-refractivity contribution in [3.05, 3.63) is 95.1 Å². The van der Waals surface area contributed by atoms with Gasteiger partial charge in [-0.2, -0.15) is 0 Å². The SMILES string of the molecule is CCNC(=O)NCc1ccccc1-c1ccc([C@@H]2O[C@H](CN3CCC[C@H]3CN3CCCC3)C[C@H](c3ccc(CO)cc3)O2)cc1. The lowest BCUT2D eigenvalue weighted by Gasteiger charge is -2.39. The van der Waals surface area contributed by atoms with Gasteiger partial charge in [0.15, 0.2) is 6.29 Å². The molecule has 3 heterocycles. The molecule has 8 nitrogen and oxygen atoms in total. The average molecular weight is 613 g/mol. The van der Waals surface area contributed by atoms with Crippen LogP contribution in [0.15, 0.2) is 72.8 Å². The summed E-state index contributed by atoms with van der Waals surface area (Å²) in [4.78, 5) is 17.3. The molecule has 3 aromatic carbocycles. The second kappa shape index (κ2) is 15.3. The molecule has 8 heteroatoms. The number of amides is 2. The first kappa shape index (κ1) is 31.7. The molecular weight excluding hydrogens is 564 g/mol. The number of ether oxygens (including phenoxy) is 2. The molecule has 3 fully saturated rings. The van der Waals surface area contributed by atoms with Gasteiger partial charge in [0.1, 0.15) is 0 Å². The fourth-order valence-corrected chi connectivity index (χ4v) is 7.07. The largest absolute Gasteiger partial charge is 0.392 e. The van der Waals surface area contributed by atoms with E-state index in [4.69, 9.17) is 9.47 Å². The summed E-state index contributed by atoms with van der Waals surface area (Å²) in [5.74, 6) is 0. The van der Waals surface area contributed by atoms with Crippen molar-refractivity contribution >= 4 is 6.03 Å². The van der Waals surface area contributed by atoms with Crippen molar-refractivity contribution in [2.45, 2.75) is 76.7 Å². The Labute approximate surface area is 267 Å². The maximum absolute atomic E-state index is 12.0. The number of hydrogen-bond donors (Lipinski definition) is 3. The number of urea groups is 1. The lowest BCUT2D eigenvalue weighted by Crippen LogP contribution is -2.45. The molecule has 0 unspecified atom stereocenters. The zero-order valence-corrected chi connectivity index (χ0v) is 26.5. The van der Waals surface area contributed by atoms with Gasteiger partial charge in [-0.15, -0.1) is 0 Å². The standard InChI is InChI=1S/C37H48N4O4/c1-2-38-37(43)39-23-31-8-3-4-10-34(31)28-15-17-30(18-16-28)36-44-33(22-35(45-36)29-13-11-27(26-42)12-14-29)25-41-21-7-9-32(41)24-40-19-5-6-20-40/h3-4,8,10-18,32-33,35-36,42H,2,5-7,9,19-26H2,1H3,(H2,38,39,43)/t32-,33-,35+,36+/m0/s1. The van der Waals surface area contributed by atoms with Gasteiger partial charge >= 0.3 is 6.03 Å². The first-order valence-electron chi connectivity index (χ1n) is 16.8. The van der Waals surface area contributed by atoms with Gasteiger partial charge in [-0.25, -0.2) is 4.79 Å². The van der Waals surface area contributed by atoms with E-state index < -0.39 is 6.29 Å². The van der Waals surface area contributed by atoms with Crippen LogP contribution in [-0.4, -0.2) is 72.4 Å². The third-order valence-corrected chi connectivity index (χ3v) is 9.51. The summed E-state index contributed by atoms with van der Waals surface area (Å²) in [5, 5.41) is 15.3. The van der Waals surface area contributed by atoms with Crippen molar-refractivity contribution in [2.75, 3.05) is 39.3 Å². The summed E-state index contributed by atoms with van der Waals surface area (Å²) in [6.07, 6.45) is 5.43. The Morgan fingerprint density at radius 1 is 0.867 bits per heavy atom. The minimum Gasteiger partial charge on any atom is -0.392 e. The van der Waals surface area contributed by atoms with Gasteiger partial charge in [0.05, 0.1) is 18.8 Å². The molecule has 3 aromatic rings. The number of carbonyl (C=O) groups is 1. The molecule has 0 saturated carbocycles. The Kier molecular flexibility index (Phi) is 10.8. The maximum atomic E-state index is 12.0. The smallest absolute Gasteiger partial charge is 0.315 e. The number of likely N-dealkylation sites (tertiary alicyclic amines) is 2. The highest BCUT2D eigenvalue weighted by Crippen LogP contribution is 2.39. The minimum absolute atomic E-state index is 0.0327. The van der Waals surface area contributed by atoms with Gasteiger partial charge in [0.25, 0.3) is 0 Å². The van der Waals surface area contributed by atoms with Crippen molar-refractivity contribution in [1.82, 2.24) is 20.4 Å². The Morgan fingerprint density at radius 3 is 2.38 bits per heavy atom. The molecule has 45 heavy (non-hydrogen) atoms. The molecular formula is C37H48N4O4. The molecule has 3 aliphatic heterocycles. The van der Waals surface area contributed by atoms with E-state index in [-0.39, 0.29) is 24.8 Å². The van der Waals surface area contributed by atoms with Crippen LogP contribution in [-0.2, 0) is 22.6 Å². The topological polar surface area (TPSA) is 86.3 Å². The van der Waals surface area contributed by atoms with E-state index in [2.05, 4.69) is 69.0 Å². The number of rotatable bonds is 11. The van der Waals surface area contributed by atoms with E-state index in [1.54, 1.807) is 0 Å². The third-order valence-electron chi connectivity index (χ3n) is 9.51. The highest BCUT2D eigenvalue weighted by atomic mass is 16.7. The second-order valence-corrected chi connectivity index (χ2v) is 12.6. The number of aliphatic hydroxyl groups is 1. The van der Waals surface area contributed by atoms with Crippen molar-refractivity contribution in [3.8, 4) is 11.1 Å². The number of carbonyl (C=O) groups excluding carboxylic acids is 1. The minimum atomic E-state index is -0.477. The third kappa shape index (κ3) is 8.12. The van der Waals surface area contributed by atoms with E-state index in [0.29, 0.717) is 19.1 Å². The van der Waals surface area contributed by atoms with E-state index >= 15 is 0 Å². The van der Waals surface area contributed by atoms with Crippen LogP contribution in [0.3, 0.4) is 0 Å². The maximum Gasteiger partial charge on any atom is 0.315 e. The summed E-state index contributed by atoms with van der Waals surface area (Å²) in [5.41, 5.74) is 6.24. The van der Waals surface area contributed by atoms with E-state index in [1.165, 1.54) is 45.3 Å². The Morgan fingerprint density at radius 2 is 1.62 bits per heavy atom. The van der Waals surface area contributed by atoms with Gasteiger partial charge in [-0.3, -0.25) is 4.90 Å². The molecule has 0 spiro atoms. The monoisotopic (exact) mass is 612 g/mol. The lowest BCUT2D eigenvalue weighted by atomic mass is 9.97. The molecule has 3 N–H and O–H groups in total. The van der Waals surface area contributed by atoms with Crippen LogP contribution >= 0.6 is 0 Å². The molecule has 4 atom stereocenters. The molecule has 2 amide bonds. The molecule has 0 radical (unpaired) electrons. The Bertz CT molecular complexity index is 1380. The molecule has 0 bridgehead atoms. The van der Waals surface area contributed by atoms with Gasteiger partial charge in [-0.1, -0.05) is 72.8 Å². The van der Waals surface area contributed by atoms with Crippen LogP contribution in [0.1, 0.15) is 73.7 Å². The van der Waals surface area contributed by atoms with Crippen molar-refractivity contribution in [2.24, 2.45) is 0 Å². The Balaban J connectivity index is 1.19. The van der Waals surface area contributed by atoms with Gasteiger partial charge < -0.3 is 30.1 Å². The molecule has 0 aromatic heterocycles. The molecule has 0 aliphatic carbocycles. The quantitative estimate of drug-likeness (QED) is 0.255. The summed E-state index contributed by atoms with van der Waals surface area (Å²) in [7, 11) is 0. The highest BCUT2D eigenvalue weighted by Gasteiger charge is 2.36. The van der Waals surface area contributed by atoms with Crippen LogP contribution in [0, 0.1) is 0 Å². The van der Waals surface area contributed by atoms with Crippen LogP contribution in [0.2, 0.25) is 0 Å². The molecule has 6 rings (SSSR count). The van der Waals surface area contributed by atoms with Crippen LogP contribution in [0.25, 0.3) is 11.1 Å². The van der Waals surface area contributed by atoms with Crippen LogP contribution in [0.5, 0.6) is 0 Å². The Hall–Kier alpha value is -3.27. The van der Waals surface area contributed by atoms with E-state index in [9.17, 15) is 9.90 Å². The average Bonchev–Trinajstić information content (AvgIpc) is 3.76. The summed E-state index contributed by atoms with van der Waals surface area (Å²) in [6.45, 7) is 8.65. The number of hydrogen-bond acceptors (Lipinski definition) is 6. The first-order chi connectivity index (χ1) is 22.1. The second-order valence-electron chi connectivity index (χ2n) is 12.6. The lowest BCUT2D eigenvalue weighted by molar-refractivity contribution is -0.253. The van der Waals surface area contributed by atoms with Crippen LogP contribution in [0.4, 0.5) is 4.79 Å². The van der Waals surface area contributed by atoms with E-state index in [0.717, 1.165) is 52.9 Å². The zero-order chi connectivity index (χ0) is 31.0. The number of nitrogens with zero attached hydrogens (tertiary/aromatic N) is 2. The highest BCUT2D eigenvalue weighted by molar-refractivity contribution is 5.74. The number of nitrogens with one attached hydrogen (secondary N) is 2. The predicted octanol–water partition coefficient (Wildman–Crippen LogP) is 5.77. The summed E-state index contributed by atoms with van der Waals surface area (Å²) in [6, 6.07) is 25.2. The number of aliphatic hydroxyl groups excluding tert-OH is 1. The van der Waals surface area contributed by atoms with Gasteiger partial charge in [0, 0.05) is 44.2 Å². The fraction of sp³-hybridized carbons (Fsp3) is 0.486. The predicted molar refractivity (Wildman–Crippen MR) is 176 cm³/mol.